The lowest BCUT2D eigenvalue weighted by atomic mass is 10.1. The fraction of sp³-hybridized carbons (Fsp3) is 0.429. The summed E-state index contributed by atoms with van der Waals surface area (Å²) in [7, 11) is 1.94. The van der Waals surface area contributed by atoms with Crippen LogP contribution >= 0.6 is 15.9 Å². The number of rotatable bonds is 6. The van der Waals surface area contributed by atoms with Crippen molar-refractivity contribution in [1.29, 1.82) is 0 Å². The van der Waals surface area contributed by atoms with E-state index in [1.54, 1.807) is 0 Å². The van der Waals surface area contributed by atoms with Crippen molar-refractivity contribution < 1.29 is 4.74 Å². The summed E-state index contributed by atoms with van der Waals surface area (Å²) in [4.78, 5) is 0. The Morgan fingerprint density at radius 3 is 2.82 bits per heavy atom. The molecule has 17 heavy (non-hydrogen) atoms. The van der Waals surface area contributed by atoms with Crippen molar-refractivity contribution in [2.45, 2.75) is 26.3 Å². The molecule has 0 heterocycles. The van der Waals surface area contributed by atoms with E-state index in [-0.39, 0.29) is 6.04 Å². The average molecular weight is 298 g/mol. The van der Waals surface area contributed by atoms with Gasteiger partial charge in [-0.25, -0.2) is 0 Å². The van der Waals surface area contributed by atoms with Crippen molar-refractivity contribution in [3.63, 3.8) is 0 Å². The molecule has 0 aromatic heterocycles. The van der Waals surface area contributed by atoms with Gasteiger partial charge in [0, 0.05) is 16.1 Å². The van der Waals surface area contributed by atoms with Crippen LogP contribution in [-0.2, 0) is 0 Å². The summed E-state index contributed by atoms with van der Waals surface area (Å²) in [5, 5.41) is 3.23. The summed E-state index contributed by atoms with van der Waals surface area (Å²) in [5.41, 5.74) is 2.27. The van der Waals surface area contributed by atoms with Crippen molar-refractivity contribution in [3.8, 4) is 5.75 Å². The molecule has 1 N–H and O–H groups in total. The number of ether oxygens (including phenoxy) is 1. The zero-order valence-corrected chi connectivity index (χ0v) is 12.3. The maximum Gasteiger partial charge on any atom is 0.124 e. The molecule has 0 aliphatic rings. The van der Waals surface area contributed by atoms with Crippen molar-refractivity contribution in [2.75, 3.05) is 13.7 Å². The SMILES string of the molecule is C=C(CC)COc1ccc(Br)cc1C(C)NC. The van der Waals surface area contributed by atoms with E-state index in [1.165, 1.54) is 0 Å². The maximum atomic E-state index is 5.81. The lowest BCUT2D eigenvalue weighted by Crippen LogP contribution is -2.14. The van der Waals surface area contributed by atoms with Crippen molar-refractivity contribution in [2.24, 2.45) is 0 Å². The average Bonchev–Trinajstić information content (AvgIpc) is 2.35. The normalized spacial score (nSPS) is 12.2. The highest BCUT2D eigenvalue weighted by Gasteiger charge is 2.10. The Hall–Kier alpha value is -0.800. The molecular formula is C14H20BrNO. The predicted octanol–water partition coefficient (Wildman–Crippen LogP) is 4.07. The lowest BCUT2D eigenvalue weighted by molar-refractivity contribution is 0.341. The number of hydrogen-bond donors (Lipinski definition) is 1. The molecule has 0 aliphatic heterocycles. The molecule has 0 radical (unpaired) electrons. The first-order chi connectivity index (χ1) is 8.08. The van der Waals surface area contributed by atoms with Gasteiger partial charge in [-0.2, -0.15) is 0 Å². The fourth-order valence-electron chi connectivity index (χ4n) is 1.43. The molecule has 3 heteroatoms. The van der Waals surface area contributed by atoms with Crippen LogP contribution in [0, 0.1) is 0 Å². The minimum absolute atomic E-state index is 0.261. The van der Waals surface area contributed by atoms with Crippen molar-refractivity contribution >= 4 is 15.9 Å². The highest BCUT2D eigenvalue weighted by atomic mass is 79.9. The van der Waals surface area contributed by atoms with Crippen LogP contribution in [0.2, 0.25) is 0 Å². The van der Waals surface area contributed by atoms with E-state index in [1.807, 2.05) is 19.2 Å². The van der Waals surface area contributed by atoms with Gasteiger partial charge in [-0.1, -0.05) is 29.4 Å². The molecule has 94 valence electrons. The van der Waals surface area contributed by atoms with Gasteiger partial charge in [0.25, 0.3) is 0 Å². The van der Waals surface area contributed by atoms with Crippen LogP contribution in [0.25, 0.3) is 0 Å². The molecule has 0 amide bonds. The molecule has 0 saturated heterocycles. The number of benzene rings is 1. The maximum absolute atomic E-state index is 5.81. The molecule has 0 saturated carbocycles. The number of halogens is 1. The molecule has 1 rings (SSSR count). The quantitative estimate of drug-likeness (QED) is 0.799. The van der Waals surface area contributed by atoms with E-state index >= 15 is 0 Å². The van der Waals surface area contributed by atoms with Crippen LogP contribution in [0.1, 0.15) is 31.9 Å². The third-order valence-electron chi connectivity index (χ3n) is 2.80. The van der Waals surface area contributed by atoms with Crippen LogP contribution in [-0.4, -0.2) is 13.7 Å². The second-order valence-electron chi connectivity index (χ2n) is 4.08. The Balaban J connectivity index is 2.86. The molecule has 1 unspecified atom stereocenters. The standard InChI is InChI=1S/C14H20BrNO/c1-5-10(2)9-17-14-7-6-12(15)8-13(14)11(3)16-4/h6-8,11,16H,2,5,9H2,1,3-4H3. The molecule has 1 aromatic rings. The molecule has 0 spiro atoms. The first kappa shape index (κ1) is 14.3. The van der Waals surface area contributed by atoms with Crippen LogP contribution in [0.15, 0.2) is 34.8 Å². The summed E-state index contributed by atoms with van der Waals surface area (Å²) in [6.45, 7) is 8.74. The van der Waals surface area contributed by atoms with E-state index in [0.29, 0.717) is 6.61 Å². The highest BCUT2D eigenvalue weighted by Crippen LogP contribution is 2.28. The van der Waals surface area contributed by atoms with E-state index < -0.39 is 0 Å². The van der Waals surface area contributed by atoms with Crippen molar-refractivity contribution in [3.05, 3.63) is 40.4 Å². The second-order valence-corrected chi connectivity index (χ2v) is 5.00. The zero-order chi connectivity index (χ0) is 12.8. The summed E-state index contributed by atoms with van der Waals surface area (Å²) < 4.78 is 6.87. The molecule has 0 bridgehead atoms. The van der Waals surface area contributed by atoms with Crippen LogP contribution in [0.3, 0.4) is 0 Å². The van der Waals surface area contributed by atoms with Gasteiger partial charge in [0.2, 0.25) is 0 Å². The Bertz CT molecular complexity index is 390. The predicted molar refractivity (Wildman–Crippen MR) is 76.5 cm³/mol. The summed E-state index contributed by atoms with van der Waals surface area (Å²) in [6, 6.07) is 6.34. The Morgan fingerprint density at radius 1 is 1.53 bits per heavy atom. The minimum atomic E-state index is 0.261. The molecule has 0 fully saturated rings. The van der Waals surface area contributed by atoms with E-state index in [9.17, 15) is 0 Å². The van der Waals surface area contributed by atoms with Crippen LogP contribution in [0.5, 0.6) is 5.75 Å². The van der Waals surface area contributed by atoms with Crippen LogP contribution in [0.4, 0.5) is 0 Å². The van der Waals surface area contributed by atoms with Gasteiger partial charge >= 0.3 is 0 Å². The van der Waals surface area contributed by atoms with Gasteiger partial charge in [0.15, 0.2) is 0 Å². The third kappa shape index (κ3) is 4.17. The van der Waals surface area contributed by atoms with Gasteiger partial charge in [0.1, 0.15) is 12.4 Å². The molecule has 1 aromatic carbocycles. The summed E-state index contributed by atoms with van der Waals surface area (Å²) in [6.07, 6.45) is 0.952. The van der Waals surface area contributed by atoms with Gasteiger partial charge in [-0.3, -0.25) is 0 Å². The van der Waals surface area contributed by atoms with E-state index in [2.05, 4.69) is 47.7 Å². The summed E-state index contributed by atoms with van der Waals surface area (Å²) >= 11 is 3.49. The summed E-state index contributed by atoms with van der Waals surface area (Å²) in [5.74, 6) is 0.921. The first-order valence-electron chi connectivity index (χ1n) is 5.84. The monoisotopic (exact) mass is 297 g/mol. The Morgan fingerprint density at radius 2 is 2.24 bits per heavy atom. The van der Waals surface area contributed by atoms with Gasteiger partial charge < -0.3 is 10.1 Å². The Kier molecular flexibility index (Phi) is 5.72. The van der Waals surface area contributed by atoms with Gasteiger partial charge in [-0.05, 0) is 44.2 Å². The molecule has 2 nitrogen and oxygen atoms in total. The topological polar surface area (TPSA) is 21.3 Å². The molecule has 1 atom stereocenters. The molecular weight excluding hydrogens is 278 g/mol. The first-order valence-corrected chi connectivity index (χ1v) is 6.64. The van der Waals surface area contributed by atoms with Crippen LogP contribution < -0.4 is 10.1 Å². The van der Waals surface area contributed by atoms with E-state index in [4.69, 9.17) is 4.74 Å². The Labute approximate surface area is 112 Å². The third-order valence-corrected chi connectivity index (χ3v) is 3.30. The minimum Gasteiger partial charge on any atom is -0.489 e. The van der Waals surface area contributed by atoms with E-state index in [0.717, 1.165) is 27.8 Å². The van der Waals surface area contributed by atoms with Gasteiger partial charge in [-0.15, -0.1) is 0 Å². The van der Waals surface area contributed by atoms with Gasteiger partial charge in [0.05, 0.1) is 0 Å². The fourth-order valence-corrected chi connectivity index (χ4v) is 1.81. The van der Waals surface area contributed by atoms with Crippen molar-refractivity contribution in [1.82, 2.24) is 5.32 Å². The number of nitrogens with one attached hydrogen (secondary N) is 1. The largest absolute Gasteiger partial charge is 0.489 e. The highest BCUT2D eigenvalue weighted by molar-refractivity contribution is 9.10. The lowest BCUT2D eigenvalue weighted by Gasteiger charge is -2.17. The molecule has 0 aliphatic carbocycles. The second kappa shape index (κ2) is 6.82. The zero-order valence-electron chi connectivity index (χ0n) is 10.7. The smallest absolute Gasteiger partial charge is 0.124 e. The number of hydrogen-bond acceptors (Lipinski definition) is 2.